The highest BCUT2D eigenvalue weighted by Gasteiger charge is 2.18. The zero-order valence-electron chi connectivity index (χ0n) is 13.2. The van der Waals surface area contributed by atoms with Crippen molar-refractivity contribution >= 4 is 15.7 Å². The lowest BCUT2D eigenvalue weighted by Crippen LogP contribution is -2.29. The van der Waals surface area contributed by atoms with Crippen molar-refractivity contribution in [2.24, 2.45) is 0 Å². The molecule has 0 saturated carbocycles. The number of pyridine rings is 1. The van der Waals surface area contributed by atoms with Crippen LogP contribution in [0.15, 0.2) is 53.1 Å². The van der Waals surface area contributed by atoms with Crippen molar-refractivity contribution < 1.29 is 12.8 Å². The Bertz CT molecular complexity index is 921. The summed E-state index contributed by atoms with van der Waals surface area (Å²) >= 11 is 0. The summed E-state index contributed by atoms with van der Waals surface area (Å²) in [5.41, 5.74) is 1.90. The highest BCUT2D eigenvalue weighted by atomic mass is 32.2. The number of sulfonamides is 1. The fraction of sp³-hybridized carbons (Fsp3) is 0.188. The van der Waals surface area contributed by atoms with Gasteiger partial charge in [-0.15, -0.1) is 10.2 Å². The predicted octanol–water partition coefficient (Wildman–Crippen LogP) is 2.41. The van der Waals surface area contributed by atoms with Crippen molar-refractivity contribution in [2.45, 2.75) is 13.5 Å². The van der Waals surface area contributed by atoms with Gasteiger partial charge in [0.2, 0.25) is 21.8 Å². The van der Waals surface area contributed by atoms with Gasteiger partial charge in [-0.05, 0) is 24.3 Å². The van der Waals surface area contributed by atoms with Crippen LogP contribution in [0, 0.1) is 6.92 Å². The van der Waals surface area contributed by atoms with Crippen LogP contribution in [0.4, 0.5) is 5.69 Å². The van der Waals surface area contributed by atoms with Crippen molar-refractivity contribution in [1.82, 2.24) is 15.2 Å². The van der Waals surface area contributed by atoms with Gasteiger partial charge in [-0.3, -0.25) is 9.29 Å². The first kappa shape index (κ1) is 16.1. The summed E-state index contributed by atoms with van der Waals surface area (Å²) in [4.78, 5) is 4.31. The van der Waals surface area contributed by atoms with E-state index in [-0.39, 0.29) is 6.54 Å². The number of hydrogen-bond donors (Lipinski definition) is 0. The van der Waals surface area contributed by atoms with Crippen molar-refractivity contribution in [2.75, 3.05) is 10.6 Å². The topological polar surface area (TPSA) is 89.2 Å². The normalized spacial score (nSPS) is 11.4. The Kier molecular flexibility index (Phi) is 4.30. The maximum absolute atomic E-state index is 12.1. The smallest absolute Gasteiger partial charge is 0.249 e. The van der Waals surface area contributed by atoms with E-state index in [9.17, 15) is 8.42 Å². The second-order valence-corrected chi connectivity index (χ2v) is 7.18. The van der Waals surface area contributed by atoms with Crippen LogP contribution in [0.5, 0.6) is 0 Å². The van der Waals surface area contributed by atoms with E-state index in [0.29, 0.717) is 28.7 Å². The van der Waals surface area contributed by atoms with E-state index in [1.807, 2.05) is 6.07 Å². The van der Waals surface area contributed by atoms with Crippen LogP contribution in [-0.4, -0.2) is 29.9 Å². The fourth-order valence-electron chi connectivity index (χ4n) is 2.20. The molecule has 0 unspecified atom stereocenters. The first-order valence-electron chi connectivity index (χ1n) is 7.21. The molecule has 2 heterocycles. The number of anilines is 1. The second-order valence-electron chi connectivity index (χ2n) is 5.27. The molecule has 3 aromatic rings. The first-order valence-corrected chi connectivity index (χ1v) is 9.06. The van der Waals surface area contributed by atoms with E-state index in [0.717, 1.165) is 0 Å². The molecule has 0 radical (unpaired) electrons. The molecule has 0 aliphatic heterocycles. The summed E-state index contributed by atoms with van der Waals surface area (Å²) in [6.45, 7) is 1.86. The summed E-state index contributed by atoms with van der Waals surface area (Å²) in [7, 11) is -3.42. The third-order valence-corrected chi connectivity index (χ3v) is 4.49. The SMILES string of the molecule is Cc1nnc(-c2ccc(CN(c3ccccc3)S(C)(=O)=O)nc2)o1. The quantitative estimate of drug-likeness (QED) is 0.706. The molecule has 0 fully saturated rings. The minimum absolute atomic E-state index is 0.145. The van der Waals surface area contributed by atoms with Gasteiger partial charge in [-0.1, -0.05) is 18.2 Å². The molecule has 8 heteroatoms. The molecule has 0 aliphatic carbocycles. The van der Waals surface area contributed by atoms with Crippen LogP contribution in [0.25, 0.3) is 11.5 Å². The van der Waals surface area contributed by atoms with Gasteiger partial charge in [0, 0.05) is 13.1 Å². The molecule has 7 nitrogen and oxygen atoms in total. The maximum Gasteiger partial charge on any atom is 0.249 e. The van der Waals surface area contributed by atoms with Crippen LogP contribution in [0.2, 0.25) is 0 Å². The predicted molar refractivity (Wildman–Crippen MR) is 89.7 cm³/mol. The number of para-hydroxylation sites is 1. The Morgan fingerprint density at radius 3 is 2.38 bits per heavy atom. The largest absolute Gasteiger partial charge is 0.421 e. The van der Waals surface area contributed by atoms with Gasteiger partial charge in [0.05, 0.1) is 29.7 Å². The molecule has 0 aliphatic rings. The Morgan fingerprint density at radius 1 is 1.08 bits per heavy atom. The van der Waals surface area contributed by atoms with Crippen LogP contribution in [-0.2, 0) is 16.6 Å². The molecular formula is C16H16N4O3S. The average Bonchev–Trinajstić information content (AvgIpc) is 2.99. The van der Waals surface area contributed by atoms with E-state index in [4.69, 9.17) is 4.42 Å². The van der Waals surface area contributed by atoms with Crippen molar-refractivity contribution in [3.05, 3.63) is 60.2 Å². The van der Waals surface area contributed by atoms with Gasteiger partial charge in [-0.25, -0.2) is 8.42 Å². The van der Waals surface area contributed by atoms with Gasteiger partial charge < -0.3 is 4.42 Å². The Labute approximate surface area is 140 Å². The molecular weight excluding hydrogens is 328 g/mol. The molecule has 24 heavy (non-hydrogen) atoms. The highest BCUT2D eigenvalue weighted by Crippen LogP contribution is 2.21. The second kappa shape index (κ2) is 6.40. The molecule has 3 rings (SSSR count). The third-order valence-electron chi connectivity index (χ3n) is 3.35. The summed E-state index contributed by atoms with van der Waals surface area (Å²) < 4.78 is 30.8. The summed E-state index contributed by atoms with van der Waals surface area (Å²) in [6.07, 6.45) is 2.77. The molecule has 0 atom stereocenters. The zero-order chi connectivity index (χ0) is 17.2. The van der Waals surface area contributed by atoms with Gasteiger partial charge in [0.15, 0.2) is 0 Å². The molecule has 0 bridgehead atoms. The van der Waals surface area contributed by atoms with Gasteiger partial charge in [0.25, 0.3) is 0 Å². The average molecular weight is 344 g/mol. The number of aromatic nitrogens is 3. The first-order chi connectivity index (χ1) is 11.4. The number of benzene rings is 1. The molecule has 0 amide bonds. The van der Waals surface area contributed by atoms with Crippen LogP contribution >= 0.6 is 0 Å². The summed E-state index contributed by atoms with van der Waals surface area (Å²) in [5, 5.41) is 7.70. The van der Waals surface area contributed by atoms with Crippen LogP contribution < -0.4 is 4.31 Å². The molecule has 1 aromatic carbocycles. The monoisotopic (exact) mass is 344 g/mol. The van der Waals surface area contributed by atoms with Crippen LogP contribution in [0.1, 0.15) is 11.6 Å². The lowest BCUT2D eigenvalue weighted by molar-refractivity contribution is 0.532. The van der Waals surface area contributed by atoms with E-state index in [1.165, 1.54) is 10.6 Å². The lowest BCUT2D eigenvalue weighted by atomic mass is 10.2. The van der Waals surface area contributed by atoms with Crippen molar-refractivity contribution in [1.29, 1.82) is 0 Å². The highest BCUT2D eigenvalue weighted by molar-refractivity contribution is 7.92. The minimum Gasteiger partial charge on any atom is -0.421 e. The number of aryl methyl sites for hydroxylation is 1. The Hall–Kier alpha value is -2.74. The van der Waals surface area contributed by atoms with E-state index in [1.54, 1.807) is 49.5 Å². The van der Waals surface area contributed by atoms with E-state index < -0.39 is 10.0 Å². The third kappa shape index (κ3) is 3.60. The minimum atomic E-state index is -3.42. The number of hydrogen-bond acceptors (Lipinski definition) is 6. The molecule has 0 N–H and O–H groups in total. The molecule has 0 spiro atoms. The lowest BCUT2D eigenvalue weighted by Gasteiger charge is -2.22. The Balaban J connectivity index is 1.86. The van der Waals surface area contributed by atoms with Crippen molar-refractivity contribution in [3.8, 4) is 11.5 Å². The van der Waals surface area contributed by atoms with Crippen molar-refractivity contribution in [3.63, 3.8) is 0 Å². The van der Waals surface area contributed by atoms with Gasteiger partial charge in [0.1, 0.15) is 0 Å². The summed E-state index contributed by atoms with van der Waals surface area (Å²) in [5.74, 6) is 0.857. The maximum atomic E-state index is 12.1. The molecule has 2 aromatic heterocycles. The van der Waals surface area contributed by atoms with Gasteiger partial charge in [-0.2, -0.15) is 0 Å². The van der Waals surface area contributed by atoms with Crippen LogP contribution in [0.3, 0.4) is 0 Å². The van der Waals surface area contributed by atoms with E-state index in [2.05, 4.69) is 15.2 Å². The number of rotatable bonds is 5. The van der Waals surface area contributed by atoms with E-state index >= 15 is 0 Å². The number of nitrogens with zero attached hydrogens (tertiary/aromatic N) is 4. The standard InChI is InChI=1S/C16H16N4O3S/c1-12-18-19-16(23-12)13-8-9-14(17-10-13)11-20(24(2,21)22)15-6-4-3-5-7-15/h3-10H,11H2,1-2H3. The Morgan fingerprint density at radius 2 is 1.83 bits per heavy atom. The molecule has 0 saturated heterocycles. The molecule has 124 valence electrons. The zero-order valence-corrected chi connectivity index (χ0v) is 14.1. The fourth-order valence-corrected chi connectivity index (χ4v) is 3.07. The summed E-state index contributed by atoms with van der Waals surface area (Å²) in [6, 6.07) is 12.4. The van der Waals surface area contributed by atoms with Gasteiger partial charge >= 0.3 is 0 Å².